The Kier molecular flexibility index (Phi) is 3.99. The predicted octanol–water partition coefficient (Wildman–Crippen LogP) is -0.0190. The number of nitrogens with zero attached hydrogens (tertiary/aromatic N) is 6. The lowest BCUT2D eigenvalue weighted by Crippen LogP contribution is -2.32. The fourth-order valence-corrected chi connectivity index (χ4v) is 2.66. The van der Waals surface area contributed by atoms with Crippen LogP contribution in [-0.4, -0.2) is 49.3 Å². The molecule has 11 heteroatoms. The molecule has 0 atom stereocenters. The van der Waals surface area contributed by atoms with Crippen molar-refractivity contribution < 1.29 is 9.59 Å². The second-order valence-electron chi connectivity index (χ2n) is 6.09. The van der Waals surface area contributed by atoms with Gasteiger partial charge in [-0.05, 0) is 23.3 Å². The van der Waals surface area contributed by atoms with Crippen molar-refractivity contribution in [2.45, 2.75) is 33.2 Å². The molecule has 1 aliphatic heterocycles. The van der Waals surface area contributed by atoms with Crippen LogP contribution in [0.15, 0.2) is 11.3 Å². The Morgan fingerprint density at radius 1 is 1.36 bits per heavy atom. The van der Waals surface area contributed by atoms with Crippen molar-refractivity contribution in [1.29, 1.82) is 0 Å². The number of amides is 2. The monoisotopic (exact) mass is 345 g/mol. The Morgan fingerprint density at radius 3 is 2.72 bits per heavy atom. The summed E-state index contributed by atoms with van der Waals surface area (Å²) in [6.45, 7) is 5.87. The number of H-pyrrole nitrogens is 1. The van der Waals surface area contributed by atoms with E-state index in [9.17, 15) is 9.59 Å². The molecule has 0 aliphatic carbocycles. The summed E-state index contributed by atoms with van der Waals surface area (Å²) in [5, 5.41) is 20.9. The van der Waals surface area contributed by atoms with Gasteiger partial charge in [0.05, 0.1) is 23.5 Å². The molecular weight excluding hydrogens is 326 g/mol. The summed E-state index contributed by atoms with van der Waals surface area (Å²) in [5.74, 6) is -0.506. The third-order valence-corrected chi connectivity index (χ3v) is 4.18. The van der Waals surface area contributed by atoms with Gasteiger partial charge >= 0.3 is 0 Å². The highest BCUT2D eigenvalue weighted by atomic mass is 16.2. The smallest absolute Gasteiger partial charge is 0.271 e. The first-order valence-electron chi connectivity index (χ1n) is 7.70. The van der Waals surface area contributed by atoms with Crippen molar-refractivity contribution in [2.75, 3.05) is 17.3 Å². The first-order valence-corrected chi connectivity index (χ1v) is 7.70. The van der Waals surface area contributed by atoms with E-state index >= 15 is 0 Å². The molecule has 0 saturated carbocycles. The van der Waals surface area contributed by atoms with Crippen LogP contribution in [0.25, 0.3) is 0 Å². The molecule has 0 unspecified atom stereocenters. The summed E-state index contributed by atoms with van der Waals surface area (Å²) in [5.41, 5.74) is 7.49. The van der Waals surface area contributed by atoms with Crippen molar-refractivity contribution >= 4 is 23.5 Å². The molecular formula is C14H19N9O2. The quantitative estimate of drug-likeness (QED) is 0.705. The molecule has 132 valence electrons. The fourth-order valence-electron chi connectivity index (χ4n) is 2.66. The number of hydrogen-bond acceptors (Lipinski definition) is 7. The topological polar surface area (TPSA) is 148 Å². The molecule has 1 aliphatic rings. The second-order valence-corrected chi connectivity index (χ2v) is 6.09. The molecule has 2 aromatic rings. The van der Waals surface area contributed by atoms with Crippen LogP contribution >= 0.6 is 0 Å². The summed E-state index contributed by atoms with van der Waals surface area (Å²) in [7, 11) is 1.77. The number of aromatic nitrogens is 6. The lowest BCUT2D eigenvalue weighted by molar-refractivity contribution is -0.113. The van der Waals surface area contributed by atoms with E-state index in [4.69, 9.17) is 5.73 Å². The van der Waals surface area contributed by atoms with Gasteiger partial charge in [0, 0.05) is 12.7 Å². The molecule has 4 N–H and O–H groups in total. The second kappa shape index (κ2) is 6.00. The van der Waals surface area contributed by atoms with E-state index in [0.717, 1.165) is 5.70 Å². The molecule has 0 fully saturated rings. The molecule has 2 aromatic heterocycles. The largest absolute Gasteiger partial charge is 0.364 e. The van der Waals surface area contributed by atoms with Crippen LogP contribution in [0.3, 0.4) is 0 Å². The van der Waals surface area contributed by atoms with E-state index < -0.39 is 5.91 Å². The highest BCUT2D eigenvalue weighted by molar-refractivity contribution is 6.08. The third kappa shape index (κ3) is 2.73. The van der Waals surface area contributed by atoms with Crippen molar-refractivity contribution in [3.63, 3.8) is 0 Å². The number of carbonyl (C=O) groups excluding carboxylic acids is 2. The lowest BCUT2D eigenvalue weighted by Gasteiger charge is -2.26. The van der Waals surface area contributed by atoms with E-state index in [2.05, 4.69) is 31.0 Å². The van der Waals surface area contributed by atoms with Gasteiger partial charge < -0.3 is 16.0 Å². The molecule has 25 heavy (non-hydrogen) atoms. The first-order chi connectivity index (χ1) is 11.8. The van der Waals surface area contributed by atoms with Gasteiger partial charge in [0.2, 0.25) is 5.95 Å². The Balaban J connectivity index is 1.94. The summed E-state index contributed by atoms with van der Waals surface area (Å²) in [6.07, 6.45) is 0. The Labute approximate surface area is 143 Å². The van der Waals surface area contributed by atoms with E-state index in [1.807, 2.05) is 13.8 Å². The van der Waals surface area contributed by atoms with E-state index in [1.54, 1.807) is 18.9 Å². The highest BCUT2D eigenvalue weighted by Gasteiger charge is 2.28. The molecule has 0 aromatic carbocycles. The van der Waals surface area contributed by atoms with Crippen LogP contribution in [-0.2, 0) is 11.3 Å². The van der Waals surface area contributed by atoms with Crippen LogP contribution in [0.2, 0.25) is 0 Å². The van der Waals surface area contributed by atoms with Crippen LogP contribution in [0, 0.1) is 0 Å². The number of nitrogens with one attached hydrogen (secondary N) is 2. The van der Waals surface area contributed by atoms with Gasteiger partial charge in [0.1, 0.15) is 0 Å². The summed E-state index contributed by atoms with van der Waals surface area (Å²) in [4.78, 5) is 26.2. The van der Waals surface area contributed by atoms with Crippen LogP contribution in [0.1, 0.15) is 42.9 Å². The number of aromatic amines is 1. The standard InChI is InChI=1S/C14H19N9O2/c1-6(2)9-10(11(12(15)24)18-17-9)16-13(25)8-5-23-14(19-20-21-23)22(4)7(8)3/h6H,5H2,1-4H3,(H2,15,24)(H,16,25)(H,17,18). The normalized spacial score (nSPS) is 14.0. The fraction of sp³-hybridized carbons (Fsp3) is 0.429. The number of anilines is 2. The zero-order valence-electron chi connectivity index (χ0n) is 14.4. The van der Waals surface area contributed by atoms with Gasteiger partial charge in [-0.3, -0.25) is 14.7 Å². The van der Waals surface area contributed by atoms with Crippen molar-refractivity contribution in [1.82, 2.24) is 30.4 Å². The molecule has 0 saturated heterocycles. The molecule has 0 spiro atoms. The van der Waals surface area contributed by atoms with Gasteiger partial charge in [0.15, 0.2) is 5.69 Å². The summed E-state index contributed by atoms with van der Waals surface area (Å²) < 4.78 is 1.52. The SMILES string of the molecule is CC1=C(C(=O)Nc2c(C(N)=O)n[nH]c2C(C)C)Cn2nnnc2N1C. The minimum Gasteiger partial charge on any atom is -0.364 e. The number of nitrogens with two attached hydrogens (primary N) is 1. The van der Waals surface area contributed by atoms with Crippen LogP contribution < -0.4 is 16.0 Å². The van der Waals surface area contributed by atoms with Gasteiger partial charge in [-0.1, -0.05) is 18.9 Å². The van der Waals surface area contributed by atoms with Gasteiger partial charge in [-0.25, -0.2) is 4.68 Å². The summed E-state index contributed by atoms with van der Waals surface area (Å²) in [6, 6.07) is 0. The van der Waals surface area contributed by atoms with Crippen molar-refractivity contribution in [3.8, 4) is 0 Å². The average Bonchev–Trinajstić information content (AvgIpc) is 3.17. The molecule has 0 radical (unpaired) electrons. The first kappa shape index (κ1) is 16.6. The average molecular weight is 345 g/mol. The number of carbonyl (C=O) groups is 2. The molecule has 0 bridgehead atoms. The number of tetrazole rings is 1. The van der Waals surface area contributed by atoms with Crippen LogP contribution in [0.4, 0.5) is 11.6 Å². The zero-order chi connectivity index (χ0) is 18.3. The third-order valence-electron chi connectivity index (χ3n) is 4.18. The maximum absolute atomic E-state index is 12.8. The van der Waals surface area contributed by atoms with Gasteiger partial charge in [-0.15, -0.1) is 0 Å². The number of primary amides is 1. The Bertz CT molecular complexity index is 877. The van der Waals surface area contributed by atoms with Crippen molar-refractivity contribution in [3.05, 3.63) is 22.7 Å². The number of allylic oxidation sites excluding steroid dienone is 1. The maximum Gasteiger partial charge on any atom is 0.271 e. The minimum absolute atomic E-state index is 0.00239. The van der Waals surface area contributed by atoms with E-state index in [-0.39, 0.29) is 24.1 Å². The van der Waals surface area contributed by atoms with Gasteiger partial charge in [-0.2, -0.15) is 5.10 Å². The summed E-state index contributed by atoms with van der Waals surface area (Å²) >= 11 is 0. The van der Waals surface area contributed by atoms with E-state index in [1.165, 1.54) is 4.68 Å². The zero-order valence-corrected chi connectivity index (χ0v) is 14.4. The van der Waals surface area contributed by atoms with E-state index in [0.29, 0.717) is 22.9 Å². The molecule has 3 heterocycles. The molecule has 2 amide bonds. The maximum atomic E-state index is 12.8. The van der Waals surface area contributed by atoms with Crippen LogP contribution in [0.5, 0.6) is 0 Å². The predicted molar refractivity (Wildman–Crippen MR) is 88.7 cm³/mol. The Morgan fingerprint density at radius 2 is 2.08 bits per heavy atom. The molecule has 3 rings (SSSR count). The molecule has 11 nitrogen and oxygen atoms in total. The number of rotatable bonds is 4. The highest BCUT2D eigenvalue weighted by Crippen LogP contribution is 2.28. The number of fused-ring (bicyclic) bond motifs is 1. The van der Waals surface area contributed by atoms with Gasteiger partial charge in [0.25, 0.3) is 11.8 Å². The minimum atomic E-state index is -0.715. The Hall–Kier alpha value is -3.24. The number of hydrogen-bond donors (Lipinski definition) is 3. The van der Waals surface area contributed by atoms with Crippen molar-refractivity contribution in [2.24, 2.45) is 5.73 Å². The lowest BCUT2D eigenvalue weighted by atomic mass is 10.1.